The van der Waals surface area contributed by atoms with Crippen molar-refractivity contribution in [1.82, 2.24) is 0 Å². The molecule has 1 N–H and O–H groups in total. The first kappa shape index (κ1) is 18.9. The van der Waals surface area contributed by atoms with E-state index in [1.165, 1.54) is 25.3 Å². The number of rotatable bonds is 6. The molecule has 0 amide bonds. The SMILES string of the molecule is COC(=O)CCC(C)N=C(c1ccc(Cl)cc1)c1cc(F)ccc1O. The van der Waals surface area contributed by atoms with Gasteiger partial charge >= 0.3 is 5.97 Å². The molecule has 0 bridgehead atoms. The predicted molar refractivity (Wildman–Crippen MR) is 95.9 cm³/mol. The number of esters is 1. The maximum absolute atomic E-state index is 13.7. The molecule has 0 aliphatic heterocycles. The second kappa shape index (κ2) is 8.62. The van der Waals surface area contributed by atoms with Crippen LogP contribution >= 0.6 is 11.6 Å². The first-order valence-corrected chi connectivity index (χ1v) is 8.18. The van der Waals surface area contributed by atoms with Gasteiger partial charge in [0.2, 0.25) is 0 Å². The lowest BCUT2D eigenvalue weighted by atomic mass is 10.0. The standard InChI is InChI=1S/C19H19ClFNO3/c1-12(3-10-18(24)25-2)22-19(13-4-6-14(20)7-5-13)16-11-15(21)8-9-17(16)23/h4-9,11-12,23H,3,10H2,1-2H3. The highest BCUT2D eigenvalue weighted by atomic mass is 35.5. The minimum Gasteiger partial charge on any atom is -0.507 e. The van der Waals surface area contributed by atoms with E-state index in [-0.39, 0.29) is 29.7 Å². The fourth-order valence-electron chi connectivity index (χ4n) is 2.32. The van der Waals surface area contributed by atoms with Gasteiger partial charge in [0.25, 0.3) is 0 Å². The van der Waals surface area contributed by atoms with Gasteiger partial charge in [0, 0.05) is 28.6 Å². The Bertz CT molecular complexity index is 775. The first-order valence-electron chi connectivity index (χ1n) is 7.80. The van der Waals surface area contributed by atoms with Gasteiger partial charge in [-0.05, 0) is 43.7 Å². The van der Waals surface area contributed by atoms with Gasteiger partial charge < -0.3 is 9.84 Å². The van der Waals surface area contributed by atoms with Gasteiger partial charge in [-0.2, -0.15) is 0 Å². The van der Waals surface area contributed by atoms with Crippen LogP contribution in [0.4, 0.5) is 4.39 Å². The second-order valence-electron chi connectivity index (χ2n) is 5.61. The summed E-state index contributed by atoms with van der Waals surface area (Å²) in [7, 11) is 1.33. The van der Waals surface area contributed by atoms with Crippen LogP contribution in [0, 0.1) is 5.82 Å². The molecule has 1 unspecified atom stereocenters. The van der Waals surface area contributed by atoms with Crippen molar-refractivity contribution in [3.05, 3.63) is 64.4 Å². The number of carbonyl (C=O) groups is 1. The third kappa shape index (κ3) is 5.29. The lowest BCUT2D eigenvalue weighted by Gasteiger charge is -2.13. The monoisotopic (exact) mass is 363 g/mol. The molecule has 0 saturated heterocycles. The number of aliphatic imine (C=N–C) groups is 1. The minimum absolute atomic E-state index is 0.0738. The van der Waals surface area contributed by atoms with Crippen LogP contribution in [-0.4, -0.2) is 29.9 Å². The molecule has 0 saturated carbocycles. The van der Waals surface area contributed by atoms with Crippen LogP contribution in [0.25, 0.3) is 0 Å². The number of benzene rings is 2. The smallest absolute Gasteiger partial charge is 0.305 e. The molecule has 2 rings (SSSR count). The molecule has 0 aliphatic carbocycles. The molecule has 0 aliphatic rings. The molecule has 0 radical (unpaired) electrons. The van der Waals surface area contributed by atoms with Gasteiger partial charge in [-0.1, -0.05) is 23.7 Å². The lowest BCUT2D eigenvalue weighted by molar-refractivity contribution is -0.140. The zero-order valence-corrected chi connectivity index (χ0v) is 14.8. The zero-order valence-electron chi connectivity index (χ0n) is 14.0. The van der Waals surface area contributed by atoms with Crippen LogP contribution in [0.15, 0.2) is 47.5 Å². The number of phenolic OH excluding ortho intramolecular Hbond substituents is 1. The number of methoxy groups -OCH3 is 1. The molecule has 0 spiro atoms. The molecule has 4 nitrogen and oxygen atoms in total. The molecular weight excluding hydrogens is 345 g/mol. The van der Waals surface area contributed by atoms with Crippen LogP contribution in [0.3, 0.4) is 0 Å². The largest absolute Gasteiger partial charge is 0.507 e. The van der Waals surface area contributed by atoms with E-state index in [0.29, 0.717) is 22.7 Å². The number of halogens is 2. The van der Waals surface area contributed by atoms with Crippen molar-refractivity contribution >= 4 is 23.3 Å². The van der Waals surface area contributed by atoms with Gasteiger partial charge in [0.15, 0.2) is 0 Å². The van der Waals surface area contributed by atoms with Gasteiger partial charge in [0.1, 0.15) is 11.6 Å². The van der Waals surface area contributed by atoms with E-state index in [1.807, 2.05) is 6.92 Å². The number of ether oxygens (including phenoxy) is 1. The Labute approximate surface area is 150 Å². The van der Waals surface area contributed by atoms with Gasteiger partial charge in [-0.15, -0.1) is 0 Å². The quantitative estimate of drug-likeness (QED) is 0.612. The molecule has 0 fully saturated rings. The molecule has 25 heavy (non-hydrogen) atoms. The summed E-state index contributed by atoms with van der Waals surface area (Å²) < 4.78 is 18.3. The first-order chi connectivity index (χ1) is 11.9. The van der Waals surface area contributed by atoms with Crippen LogP contribution in [0.1, 0.15) is 30.9 Å². The number of nitrogens with zero attached hydrogens (tertiary/aromatic N) is 1. The number of hydrogen-bond acceptors (Lipinski definition) is 4. The Morgan fingerprint density at radius 3 is 2.60 bits per heavy atom. The summed E-state index contributed by atoms with van der Waals surface area (Å²) >= 11 is 5.92. The third-order valence-electron chi connectivity index (χ3n) is 3.67. The highest BCUT2D eigenvalue weighted by Gasteiger charge is 2.15. The maximum atomic E-state index is 13.7. The summed E-state index contributed by atoms with van der Waals surface area (Å²) in [6.07, 6.45) is 0.698. The summed E-state index contributed by atoms with van der Waals surface area (Å²) in [5.41, 5.74) is 1.41. The van der Waals surface area contributed by atoms with E-state index in [9.17, 15) is 14.3 Å². The molecule has 2 aromatic rings. The van der Waals surface area contributed by atoms with Crippen LogP contribution in [0.5, 0.6) is 5.75 Å². The summed E-state index contributed by atoms with van der Waals surface area (Å²) in [5, 5.41) is 10.7. The van der Waals surface area contributed by atoms with Crippen LogP contribution in [-0.2, 0) is 9.53 Å². The van der Waals surface area contributed by atoms with Gasteiger partial charge in [0.05, 0.1) is 12.8 Å². The van der Waals surface area contributed by atoms with Crippen molar-refractivity contribution in [3.8, 4) is 5.75 Å². The molecule has 132 valence electrons. The van der Waals surface area contributed by atoms with Crippen molar-refractivity contribution in [2.45, 2.75) is 25.8 Å². The minimum atomic E-state index is -0.475. The van der Waals surface area contributed by atoms with Crippen molar-refractivity contribution in [1.29, 1.82) is 0 Å². The summed E-state index contributed by atoms with van der Waals surface area (Å²) in [6.45, 7) is 1.84. The Kier molecular flexibility index (Phi) is 6.53. The maximum Gasteiger partial charge on any atom is 0.305 e. The van der Waals surface area contributed by atoms with Crippen molar-refractivity contribution < 1.29 is 19.0 Å². The summed E-state index contributed by atoms with van der Waals surface area (Å²) in [4.78, 5) is 15.9. The molecule has 2 aromatic carbocycles. The Hall–Kier alpha value is -2.40. The zero-order chi connectivity index (χ0) is 18.4. The number of phenols is 1. The van der Waals surface area contributed by atoms with Gasteiger partial charge in [-0.25, -0.2) is 4.39 Å². The average Bonchev–Trinajstić information content (AvgIpc) is 2.60. The van der Waals surface area contributed by atoms with E-state index in [2.05, 4.69) is 9.73 Å². The molecule has 1 atom stereocenters. The highest BCUT2D eigenvalue weighted by Crippen LogP contribution is 2.24. The molecule has 0 heterocycles. The van der Waals surface area contributed by atoms with Crippen molar-refractivity contribution in [2.24, 2.45) is 4.99 Å². The molecular formula is C19H19ClFNO3. The molecule has 0 aromatic heterocycles. The topological polar surface area (TPSA) is 58.9 Å². The van der Waals surface area contributed by atoms with Crippen LogP contribution in [0.2, 0.25) is 5.02 Å². The fourth-order valence-corrected chi connectivity index (χ4v) is 2.44. The lowest BCUT2D eigenvalue weighted by Crippen LogP contribution is -2.11. The number of carbonyl (C=O) groups excluding carboxylic acids is 1. The fraction of sp³-hybridized carbons (Fsp3) is 0.263. The highest BCUT2D eigenvalue weighted by molar-refractivity contribution is 6.30. The molecule has 6 heteroatoms. The number of hydrogen-bond donors (Lipinski definition) is 1. The average molecular weight is 364 g/mol. The van der Waals surface area contributed by atoms with E-state index in [1.54, 1.807) is 24.3 Å². The Morgan fingerprint density at radius 2 is 1.96 bits per heavy atom. The Morgan fingerprint density at radius 1 is 1.28 bits per heavy atom. The summed E-state index contributed by atoms with van der Waals surface area (Å²) in [6, 6.07) is 10.4. The number of aromatic hydroxyl groups is 1. The second-order valence-corrected chi connectivity index (χ2v) is 6.05. The van der Waals surface area contributed by atoms with E-state index >= 15 is 0 Å². The third-order valence-corrected chi connectivity index (χ3v) is 3.93. The van der Waals surface area contributed by atoms with Crippen LogP contribution < -0.4 is 0 Å². The van der Waals surface area contributed by atoms with E-state index < -0.39 is 5.82 Å². The predicted octanol–water partition coefficient (Wildman–Crippen LogP) is 4.36. The van der Waals surface area contributed by atoms with E-state index in [0.717, 1.165) is 0 Å². The Balaban J connectivity index is 2.41. The van der Waals surface area contributed by atoms with Crippen molar-refractivity contribution in [2.75, 3.05) is 7.11 Å². The van der Waals surface area contributed by atoms with E-state index in [4.69, 9.17) is 11.6 Å². The van der Waals surface area contributed by atoms with Crippen molar-refractivity contribution in [3.63, 3.8) is 0 Å². The normalized spacial score (nSPS) is 12.7. The van der Waals surface area contributed by atoms with Gasteiger partial charge in [-0.3, -0.25) is 9.79 Å². The summed E-state index contributed by atoms with van der Waals surface area (Å²) in [5.74, 6) is -0.865.